The average Bonchev–Trinajstić information content (AvgIpc) is 2.35. The molecule has 3 nitrogen and oxygen atoms in total. The topological polar surface area (TPSA) is 35.8 Å². The highest BCUT2D eigenvalue weighted by molar-refractivity contribution is 9.11. The lowest BCUT2D eigenvalue weighted by Gasteiger charge is -2.36. The maximum Gasteiger partial charge on any atom is 0.143 e. The first kappa shape index (κ1) is 14.9. The van der Waals surface area contributed by atoms with Crippen LogP contribution in [0.3, 0.4) is 0 Å². The van der Waals surface area contributed by atoms with Crippen LogP contribution in [-0.2, 0) is 0 Å². The monoisotopic (exact) mass is 388 g/mol. The summed E-state index contributed by atoms with van der Waals surface area (Å²) in [6.07, 6.45) is 5.53. The number of rotatable bonds is 2. The number of hydrazone groups is 1. The predicted molar refractivity (Wildman–Crippen MR) is 85.7 cm³/mol. The molecule has 2 atom stereocenters. The Hall–Kier alpha value is -0.550. The van der Waals surface area contributed by atoms with E-state index >= 15 is 0 Å². The number of hydrogen-bond acceptors (Lipinski definition) is 3. The number of phenols is 1. The molecule has 0 aliphatic carbocycles. The Bertz CT molecular complexity index is 457. The Morgan fingerprint density at radius 2 is 1.74 bits per heavy atom. The van der Waals surface area contributed by atoms with E-state index in [1.54, 1.807) is 0 Å². The maximum absolute atomic E-state index is 9.68. The largest absolute Gasteiger partial charge is 0.506 e. The first-order valence-corrected chi connectivity index (χ1v) is 8.08. The highest BCUT2D eigenvalue weighted by Gasteiger charge is 2.22. The predicted octanol–water partition coefficient (Wildman–Crippen LogP) is 4.51. The van der Waals surface area contributed by atoms with E-state index < -0.39 is 0 Å². The molecule has 0 radical (unpaired) electrons. The van der Waals surface area contributed by atoms with Gasteiger partial charge in [0, 0.05) is 12.1 Å². The summed E-state index contributed by atoms with van der Waals surface area (Å²) in [5.41, 5.74) is 0.960. The van der Waals surface area contributed by atoms with Crippen LogP contribution in [0.4, 0.5) is 0 Å². The number of phenolic OH excluding ortho intramolecular Hbond substituents is 1. The summed E-state index contributed by atoms with van der Waals surface area (Å²) in [6.45, 7) is 4.44. The molecule has 1 aliphatic heterocycles. The first-order chi connectivity index (χ1) is 8.99. The van der Waals surface area contributed by atoms with Crippen molar-refractivity contribution in [1.82, 2.24) is 5.01 Å². The molecule has 1 heterocycles. The van der Waals surface area contributed by atoms with Crippen molar-refractivity contribution in [1.29, 1.82) is 0 Å². The van der Waals surface area contributed by atoms with Gasteiger partial charge in [-0.1, -0.05) is 0 Å². The van der Waals surface area contributed by atoms with Crippen LogP contribution in [0.15, 0.2) is 26.2 Å². The molecule has 1 aromatic carbocycles. The molecular weight excluding hydrogens is 372 g/mol. The molecular formula is C14H18Br2N2O. The molecule has 2 unspecified atom stereocenters. The van der Waals surface area contributed by atoms with Gasteiger partial charge in [0.15, 0.2) is 0 Å². The second kappa shape index (κ2) is 6.27. The van der Waals surface area contributed by atoms with Crippen molar-refractivity contribution < 1.29 is 5.11 Å². The van der Waals surface area contributed by atoms with E-state index in [1.165, 1.54) is 19.3 Å². The van der Waals surface area contributed by atoms with Gasteiger partial charge >= 0.3 is 0 Å². The second-order valence-electron chi connectivity index (χ2n) is 5.09. The van der Waals surface area contributed by atoms with Crippen molar-refractivity contribution in [2.75, 3.05) is 0 Å². The molecule has 19 heavy (non-hydrogen) atoms. The molecule has 1 N–H and O–H groups in total. The van der Waals surface area contributed by atoms with Crippen molar-refractivity contribution in [2.45, 2.75) is 45.2 Å². The number of benzene rings is 1. The van der Waals surface area contributed by atoms with Gasteiger partial charge in [0.1, 0.15) is 5.75 Å². The molecule has 1 aromatic rings. The Balaban J connectivity index is 2.18. The van der Waals surface area contributed by atoms with Crippen LogP contribution in [0.2, 0.25) is 0 Å². The quantitative estimate of drug-likeness (QED) is 0.755. The van der Waals surface area contributed by atoms with Crippen molar-refractivity contribution in [3.05, 3.63) is 26.6 Å². The standard InChI is InChI=1S/C14H18Br2N2O/c1-9-4-3-5-10(2)18(9)17-8-11-6-12(15)14(19)13(16)7-11/h6-10,19H,3-5H2,1-2H3. The summed E-state index contributed by atoms with van der Waals surface area (Å²) in [5.74, 6) is 0.219. The zero-order valence-corrected chi connectivity index (χ0v) is 14.3. The van der Waals surface area contributed by atoms with E-state index in [0.29, 0.717) is 21.0 Å². The SMILES string of the molecule is CC1CCCC(C)N1N=Cc1cc(Br)c(O)c(Br)c1. The maximum atomic E-state index is 9.68. The molecule has 0 aromatic heterocycles. The van der Waals surface area contributed by atoms with E-state index in [2.05, 4.69) is 55.8 Å². The Kier molecular flexibility index (Phi) is 4.90. The minimum atomic E-state index is 0.219. The number of nitrogens with zero attached hydrogens (tertiary/aromatic N) is 2. The minimum absolute atomic E-state index is 0.219. The molecule has 1 aliphatic rings. The van der Waals surface area contributed by atoms with E-state index in [4.69, 9.17) is 0 Å². The molecule has 0 saturated carbocycles. The van der Waals surface area contributed by atoms with E-state index in [-0.39, 0.29) is 5.75 Å². The molecule has 1 fully saturated rings. The molecule has 0 bridgehead atoms. The fourth-order valence-electron chi connectivity index (χ4n) is 2.43. The summed E-state index contributed by atoms with van der Waals surface area (Å²) >= 11 is 6.66. The van der Waals surface area contributed by atoms with Gasteiger partial charge in [-0.25, -0.2) is 0 Å². The molecule has 0 spiro atoms. The van der Waals surface area contributed by atoms with Crippen LogP contribution in [0.25, 0.3) is 0 Å². The molecule has 2 rings (SSSR count). The summed E-state index contributed by atoms with van der Waals surface area (Å²) in [7, 11) is 0. The van der Waals surface area contributed by atoms with Crippen LogP contribution < -0.4 is 0 Å². The van der Waals surface area contributed by atoms with Crippen LogP contribution in [0.1, 0.15) is 38.7 Å². The first-order valence-electron chi connectivity index (χ1n) is 6.49. The number of piperidine rings is 1. The number of aromatic hydroxyl groups is 1. The van der Waals surface area contributed by atoms with Crippen molar-refractivity contribution in [3.8, 4) is 5.75 Å². The Morgan fingerprint density at radius 1 is 1.21 bits per heavy atom. The van der Waals surface area contributed by atoms with Crippen LogP contribution in [-0.4, -0.2) is 28.4 Å². The van der Waals surface area contributed by atoms with Gasteiger partial charge in [0.05, 0.1) is 15.2 Å². The third-order valence-corrected chi connectivity index (χ3v) is 4.74. The zero-order valence-electron chi connectivity index (χ0n) is 11.1. The average molecular weight is 390 g/mol. The van der Waals surface area contributed by atoms with E-state index in [1.807, 2.05) is 18.3 Å². The lowest BCUT2D eigenvalue weighted by molar-refractivity contribution is 0.109. The molecule has 104 valence electrons. The summed E-state index contributed by atoms with van der Waals surface area (Å²) in [4.78, 5) is 0. The van der Waals surface area contributed by atoms with E-state index in [9.17, 15) is 5.11 Å². The highest BCUT2D eigenvalue weighted by Crippen LogP contribution is 2.33. The summed E-state index contributed by atoms with van der Waals surface area (Å²) in [5, 5.41) is 16.5. The van der Waals surface area contributed by atoms with Gasteiger partial charge in [-0.3, -0.25) is 5.01 Å². The fourth-order valence-corrected chi connectivity index (χ4v) is 3.65. The molecule has 0 amide bonds. The van der Waals surface area contributed by atoms with Gasteiger partial charge < -0.3 is 5.11 Å². The third-order valence-electron chi connectivity index (χ3n) is 3.53. The number of hydrogen-bond donors (Lipinski definition) is 1. The normalized spacial score (nSPS) is 24.1. The number of halogens is 2. The lowest BCUT2D eigenvalue weighted by atomic mass is 10.00. The summed E-state index contributed by atoms with van der Waals surface area (Å²) in [6, 6.07) is 4.71. The smallest absolute Gasteiger partial charge is 0.143 e. The molecule has 5 heteroatoms. The van der Waals surface area contributed by atoms with Crippen LogP contribution in [0.5, 0.6) is 5.75 Å². The van der Waals surface area contributed by atoms with Gasteiger partial charge in [0.25, 0.3) is 0 Å². The zero-order chi connectivity index (χ0) is 14.0. The van der Waals surface area contributed by atoms with Gasteiger partial charge in [-0.15, -0.1) is 0 Å². The Morgan fingerprint density at radius 3 is 2.26 bits per heavy atom. The lowest BCUT2D eigenvalue weighted by Crippen LogP contribution is -2.39. The van der Waals surface area contributed by atoms with Gasteiger partial charge in [0.2, 0.25) is 0 Å². The summed E-state index contributed by atoms with van der Waals surface area (Å²) < 4.78 is 1.34. The van der Waals surface area contributed by atoms with Crippen LogP contribution in [0, 0.1) is 0 Å². The van der Waals surface area contributed by atoms with Crippen molar-refractivity contribution in [2.24, 2.45) is 5.10 Å². The van der Waals surface area contributed by atoms with Crippen LogP contribution >= 0.6 is 31.9 Å². The Labute approximate surface area is 130 Å². The van der Waals surface area contributed by atoms with Gasteiger partial charge in [-0.2, -0.15) is 5.10 Å². The van der Waals surface area contributed by atoms with Crippen molar-refractivity contribution in [3.63, 3.8) is 0 Å². The second-order valence-corrected chi connectivity index (χ2v) is 6.80. The van der Waals surface area contributed by atoms with Gasteiger partial charge in [-0.05, 0) is 82.7 Å². The minimum Gasteiger partial charge on any atom is -0.506 e. The van der Waals surface area contributed by atoms with Crippen molar-refractivity contribution >= 4 is 38.1 Å². The highest BCUT2D eigenvalue weighted by atomic mass is 79.9. The third kappa shape index (κ3) is 3.51. The molecule has 1 saturated heterocycles. The fraction of sp³-hybridized carbons (Fsp3) is 0.500. The van der Waals surface area contributed by atoms with E-state index in [0.717, 1.165) is 5.56 Å².